The summed E-state index contributed by atoms with van der Waals surface area (Å²) in [6.45, 7) is 1.11. The van der Waals surface area contributed by atoms with Gasteiger partial charge in [-0.2, -0.15) is 0 Å². The molecule has 0 radical (unpaired) electrons. The number of hydrogen-bond donors (Lipinski definition) is 1. The second-order valence-corrected chi connectivity index (χ2v) is 5.28. The molecule has 5 nitrogen and oxygen atoms in total. The van der Waals surface area contributed by atoms with Crippen LogP contribution in [0.25, 0.3) is 0 Å². The Bertz CT molecular complexity index is 627. The van der Waals surface area contributed by atoms with Crippen LogP contribution in [0.3, 0.4) is 0 Å². The largest absolute Gasteiger partial charge is 0.493 e. The zero-order chi connectivity index (χ0) is 17.2. The zero-order valence-electron chi connectivity index (χ0n) is 13.7. The van der Waals surface area contributed by atoms with Gasteiger partial charge in [0.15, 0.2) is 6.10 Å². The lowest BCUT2D eigenvalue weighted by atomic mass is 10.1. The molecule has 128 valence electrons. The van der Waals surface area contributed by atoms with Crippen LogP contribution in [-0.2, 0) is 16.0 Å². The fourth-order valence-corrected chi connectivity index (χ4v) is 2.20. The van der Waals surface area contributed by atoms with Crippen molar-refractivity contribution in [3.63, 3.8) is 0 Å². The van der Waals surface area contributed by atoms with Gasteiger partial charge in [-0.3, -0.25) is 0 Å². The highest BCUT2D eigenvalue weighted by Crippen LogP contribution is 2.16. The van der Waals surface area contributed by atoms with Crippen LogP contribution in [0.1, 0.15) is 12.0 Å². The number of carbonyl (C=O) groups is 1. The lowest BCUT2D eigenvalue weighted by molar-refractivity contribution is -0.148. The van der Waals surface area contributed by atoms with Crippen LogP contribution in [0, 0.1) is 0 Å². The fraction of sp³-hybridized carbons (Fsp3) is 0.316. The summed E-state index contributed by atoms with van der Waals surface area (Å²) in [5.41, 5.74) is 0.863. The first kappa shape index (κ1) is 17.8. The highest BCUT2D eigenvalue weighted by atomic mass is 16.5. The Kier molecular flexibility index (Phi) is 7.11. The van der Waals surface area contributed by atoms with E-state index in [1.165, 1.54) is 7.11 Å². The number of carboxylic acid groups (broad SMARTS) is 1. The minimum Gasteiger partial charge on any atom is -0.493 e. The van der Waals surface area contributed by atoms with E-state index in [9.17, 15) is 4.79 Å². The van der Waals surface area contributed by atoms with Crippen LogP contribution in [0.15, 0.2) is 54.6 Å². The summed E-state index contributed by atoms with van der Waals surface area (Å²) in [6.07, 6.45) is 0.217. The minimum absolute atomic E-state index is 0.306. The van der Waals surface area contributed by atoms with E-state index in [2.05, 4.69) is 0 Å². The predicted octanol–water partition coefficient (Wildman–Crippen LogP) is 3.18. The Morgan fingerprint density at radius 2 is 1.67 bits per heavy atom. The van der Waals surface area contributed by atoms with Crippen molar-refractivity contribution < 1.29 is 24.1 Å². The fourth-order valence-electron chi connectivity index (χ4n) is 2.20. The maximum atomic E-state index is 11.0. The van der Waals surface area contributed by atoms with E-state index in [0.29, 0.717) is 25.4 Å². The smallest absolute Gasteiger partial charge is 0.333 e. The topological polar surface area (TPSA) is 65.0 Å². The summed E-state index contributed by atoms with van der Waals surface area (Å²) in [4.78, 5) is 11.0. The Morgan fingerprint density at radius 3 is 2.33 bits per heavy atom. The summed E-state index contributed by atoms with van der Waals surface area (Å²) < 4.78 is 16.2. The maximum absolute atomic E-state index is 11.0. The van der Waals surface area contributed by atoms with E-state index in [-0.39, 0.29) is 0 Å². The molecule has 0 saturated carbocycles. The maximum Gasteiger partial charge on any atom is 0.333 e. The van der Waals surface area contributed by atoms with Gasteiger partial charge in [0.05, 0.1) is 13.2 Å². The normalized spacial score (nSPS) is 11.7. The molecule has 1 unspecified atom stereocenters. The highest BCUT2D eigenvalue weighted by Gasteiger charge is 2.16. The average Bonchev–Trinajstić information content (AvgIpc) is 2.60. The second-order valence-electron chi connectivity index (χ2n) is 5.28. The first-order valence-electron chi connectivity index (χ1n) is 7.84. The lowest BCUT2D eigenvalue weighted by Gasteiger charge is -2.12. The van der Waals surface area contributed by atoms with Crippen molar-refractivity contribution >= 4 is 5.97 Å². The molecule has 0 saturated heterocycles. The van der Waals surface area contributed by atoms with Crippen molar-refractivity contribution in [2.24, 2.45) is 0 Å². The summed E-state index contributed by atoms with van der Waals surface area (Å²) in [6, 6.07) is 17.0. The van der Waals surface area contributed by atoms with Gasteiger partial charge in [0.1, 0.15) is 11.5 Å². The molecular formula is C19H22O5. The van der Waals surface area contributed by atoms with Gasteiger partial charge in [-0.1, -0.05) is 30.3 Å². The van der Waals surface area contributed by atoms with E-state index >= 15 is 0 Å². The minimum atomic E-state index is -0.970. The number of aliphatic carboxylic acids is 1. The van der Waals surface area contributed by atoms with Crippen LogP contribution in [0.5, 0.6) is 11.5 Å². The third-order valence-corrected chi connectivity index (χ3v) is 3.45. The van der Waals surface area contributed by atoms with Crippen molar-refractivity contribution in [1.82, 2.24) is 0 Å². The van der Waals surface area contributed by atoms with Crippen molar-refractivity contribution in [2.75, 3.05) is 20.3 Å². The number of ether oxygens (including phenoxy) is 3. The quantitative estimate of drug-likeness (QED) is 0.678. The molecule has 5 heteroatoms. The predicted molar refractivity (Wildman–Crippen MR) is 90.6 cm³/mol. The molecule has 0 aliphatic rings. The van der Waals surface area contributed by atoms with Gasteiger partial charge in [-0.15, -0.1) is 0 Å². The molecule has 2 aromatic carbocycles. The average molecular weight is 330 g/mol. The van der Waals surface area contributed by atoms with Crippen molar-refractivity contribution in [3.05, 3.63) is 60.2 Å². The van der Waals surface area contributed by atoms with Crippen LogP contribution in [-0.4, -0.2) is 37.5 Å². The summed E-state index contributed by atoms with van der Waals surface area (Å²) in [5.74, 6) is 0.591. The number of para-hydroxylation sites is 1. The number of hydrogen-bond acceptors (Lipinski definition) is 4. The van der Waals surface area contributed by atoms with E-state index < -0.39 is 12.1 Å². The molecule has 1 atom stereocenters. The Labute approximate surface area is 141 Å². The molecule has 0 bridgehead atoms. The molecule has 0 heterocycles. The van der Waals surface area contributed by atoms with E-state index in [1.54, 1.807) is 0 Å². The summed E-state index contributed by atoms with van der Waals surface area (Å²) in [7, 11) is 1.39. The van der Waals surface area contributed by atoms with E-state index in [0.717, 1.165) is 17.7 Å². The number of methoxy groups -OCH3 is 1. The molecule has 1 N–H and O–H groups in total. The molecule has 2 aromatic rings. The SMILES string of the molecule is COC(Cc1cccc(OCCCOc2ccccc2)c1)C(=O)O. The molecule has 0 aliphatic heterocycles. The molecule has 0 amide bonds. The standard InChI is InChI=1S/C19H22O5/c1-22-18(19(20)21)14-15-7-5-10-17(13-15)24-12-6-11-23-16-8-3-2-4-9-16/h2-5,7-10,13,18H,6,11-12,14H2,1H3,(H,20,21). The molecular weight excluding hydrogens is 308 g/mol. The van der Waals surface area contributed by atoms with Gasteiger partial charge in [0, 0.05) is 20.0 Å². The third kappa shape index (κ3) is 5.93. The van der Waals surface area contributed by atoms with Gasteiger partial charge in [-0.05, 0) is 29.8 Å². The van der Waals surface area contributed by atoms with Crippen LogP contribution >= 0.6 is 0 Å². The first-order valence-corrected chi connectivity index (χ1v) is 7.84. The van der Waals surface area contributed by atoms with Crippen LogP contribution in [0.2, 0.25) is 0 Å². The second kappa shape index (κ2) is 9.57. The molecule has 0 aliphatic carbocycles. The van der Waals surface area contributed by atoms with Gasteiger partial charge < -0.3 is 19.3 Å². The number of rotatable bonds is 10. The van der Waals surface area contributed by atoms with E-state index in [1.807, 2.05) is 54.6 Å². The van der Waals surface area contributed by atoms with Crippen molar-refractivity contribution in [2.45, 2.75) is 18.9 Å². The summed E-state index contributed by atoms with van der Waals surface area (Å²) in [5, 5.41) is 9.03. The Hall–Kier alpha value is -2.53. The summed E-state index contributed by atoms with van der Waals surface area (Å²) >= 11 is 0. The van der Waals surface area contributed by atoms with Crippen LogP contribution < -0.4 is 9.47 Å². The van der Waals surface area contributed by atoms with Crippen molar-refractivity contribution in [3.8, 4) is 11.5 Å². The molecule has 2 rings (SSSR count). The van der Waals surface area contributed by atoms with Gasteiger partial charge in [-0.25, -0.2) is 4.79 Å². The monoisotopic (exact) mass is 330 g/mol. The number of benzene rings is 2. The first-order chi connectivity index (χ1) is 11.7. The zero-order valence-corrected chi connectivity index (χ0v) is 13.7. The lowest BCUT2D eigenvalue weighted by Crippen LogP contribution is -2.24. The Balaban J connectivity index is 1.74. The van der Waals surface area contributed by atoms with Crippen molar-refractivity contribution in [1.29, 1.82) is 0 Å². The third-order valence-electron chi connectivity index (χ3n) is 3.45. The van der Waals surface area contributed by atoms with Crippen LogP contribution in [0.4, 0.5) is 0 Å². The molecule has 0 spiro atoms. The van der Waals surface area contributed by atoms with Gasteiger partial charge in [0.25, 0.3) is 0 Å². The highest BCUT2D eigenvalue weighted by molar-refractivity contribution is 5.72. The van der Waals surface area contributed by atoms with E-state index in [4.69, 9.17) is 19.3 Å². The van der Waals surface area contributed by atoms with Gasteiger partial charge >= 0.3 is 5.97 Å². The van der Waals surface area contributed by atoms with Gasteiger partial charge in [0.2, 0.25) is 0 Å². The Morgan fingerprint density at radius 1 is 1.00 bits per heavy atom. The number of carboxylic acids is 1. The molecule has 24 heavy (non-hydrogen) atoms. The molecule has 0 aromatic heterocycles. The molecule has 0 fully saturated rings.